The summed E-state index contributed by atoms with van der Waals surface area (Å²) in [4.78, 5) is 10.6. The average molecular weight is 293 g/mol. The lowest BCUT2D eigenvalue weighted by Gasteiger charge is -2.09. The Kier molecular flexibility index (Phi) is 4.86. The van der Waals surface area contributed by atoms with E-state index in [-0.39, 0.29) is 18.6 Å². The summed E-state index contributed by atoms with van der Waals surface area (Å²) in [6.07, 6.45) is 0.0580. The number of hydrogen-bond donors (Lipinski definition) is 0. The van der Waals surface area contributed by atoms with Crippen molar-refractivity contribution < 1.29 is 18.3 Å². The molecule has 0 bridgehead atoms. The van der Waals surface area contributed by atoms with E-state index < -0.39 is 22.4 Å². The number of carbonyl (C=O) groups excluding carboxylic acids is 1. The standard InChI is InChI=1S/C11H11BrF2O2/c1-2-16-11(15)8(12)6-7-4-3-5-9(13)10(7)14/h3-5,8H,2,6H2,1H3. The van der Waals surface area contributed by atoms with Crippen molar-refractivity contribution in [1.29, 1.82) is 0 Å². The molecule has 88 valence electrons. The van der Waals surface area contributed by atoms with Gasteiger partial charge in [-0.1, -0.05) is 28.1 Å². The van der Waals surface area contributed by atoms with Crippen molar-refractivity contribution in [2.75, 3.05) is 6.61 Å². The Morgan fingerprint density at radius 2 is 2.19 bits per heavy atom. The molecule has 5 heteroatoms. The van der Waals surface area contributed by atoms with Crippen molar-refractivity contribution in [3.05, 3.63) is 35.4 Å². The highest BCUT2D eigenvalue weighted by Crippen LogP contribution is 2.17. The Balaban J connectivity index is 2.73. The summed E-state index contributed by atoms with van der Waals surface area (Å²) < 4.78 is 30.9. The van der Waals surface area contributed by atoms with Crippen LogP contribution >= 0.6 is 15.9 Å². The van der Waals surface area contributed by atoms with Crippen molar-refractivity contribution in [3.8, 4) is 0 Å². The van der Waals surface area contributed by atoms with Gasteiger partial charge in [0.1, 0.15) is 4.83 Å². The molecule has 1 aromatic carbocycles. The number of esters is 1. The molecular weight excluding hydrogens is 282 g/mol. The van der Waals surface area contributed by atoms with Crippen molar-refractivity contribution in [2.24, 2.45) is 0 Å². The minimum absolute atomic E-state index is 0.0580. The maximum Gasteiger partial charge on any atom is 0.320 e. The first kappa shape index (κ1) is 13.1. The summed E-state index contributed by atoms with van der Waals surface area (Å²) >= 11 is 3.08. The monoisotopic (exact) mass is 292 g/mol. The maximum atomic E-state index is 13.3. The van der Waals surface area contributed by atoms with Crippen LogP contribution in [-0.2, 0) is 16.0 Å². The molecular formula is C11H11BrF2O2. The summed E-state index contributed by atoms with van der Waals surface area (Å²) in [5.74, 6) is -2.32. The quantitative estimate of drug-likeness (QED) is 0.630. The summed E-state index contributed by atoms with van der Waals surface area (Å²) in [7, 11) is 0. The van der Waals surface area contributed by atoms with Crippen molar-refractivity contribution >= 4 is 21.9 Å². The van der Waals surface area contributed by atoms with Crippen LogP contribution in [0.5, 0.6) is 0 Å². The Morgan fingerprint density at radius 3 is 2.81 bits per heavy atom. The number of ether oxygens (including phenoxy) is 1. The van der Waals surface area contributed by atoms with Crippen LogP contribution < -0.4 is 0 Å². The zero-order chi connectivity index (χ0) is 12.1. The van der Waals surface area contributed by atoms with Gasteiger partial charge in [0, 0.05) is 0 Å². The predicted molar refractivity (Wildman–Crippen MR) is 59.4 cm³/mol. The normalized spacial score (nSPS) is 12.2. The lowest BCUT2D eigenvalue weighted by Crippen LogP contribution is -2.20. The highest BCUT2D eigenvalue weighted by molar-refractivity contribution is 9.10. The third-order valence-corrected chi connectivity index (χ3v) is 2.67. The lowest BCUT2D eigenvalue weighted by molar-refractivity contribution is -0.142. The molecule has 0 aliphatic heterocycles. The molecule has 0 saturated heterocycles. The largest absolute Gasteiger partial charge is 0.465 e. The molecule has 0 N–H and O–H groups in total. The Hall–Kier alpha value is -0.970. The van der Waals surface area contributed by atoms with Crippen LogP contribution in [0.2, 0.25) is 0 Å². The van der Waals surface area contributed by atoms with Crippen LogP contribution in [-0.4, -0.2) is 17.4 Å². The number of halogens is 3. The minimum Gasteiger partial charge on any atom is -0.465 e. The number of alkyl halides is 1. The van der Waals surface area contributed by atoms with Crippen LogP contribution in [0.25, 0.3) is 0 Å². The number of rotatable bonds is 4. The van der Waals surface area contributed by atoms with Gasteiger partial charge in [0.2, 0.25) is 0 Å². The zero-order valence-electron chi connectivity index (χ0n) is 8.67. The molecule has 1 atom stereocenters. The second-order valence-electron chi connectivity index (χ2n) is 3.14. The number of benzene rings is 1. The van der Waals surface area contributed by atoms with E-state index in [2.05, 4.69) is 15.9 Å². The average Bonchev–Trinajstić information content (AvgIpc) is 2.25. The van der Waals surface area contributed by atoms with Crippen LogP contribution in [0, 0.1) is 11.6 Å². The van der Waals surface area contributed by atoms with Crippen LogP contribution in [0.3, 0.4) is 0 Å². The summed E-state index contributed by atoms with van der Waals surface area (Å²) in [5.41, 5.74) is 0.148. The van der Waals surface area contributed by atoms with Crippen molar-refractivity contribution in [1.82, 2.24) is 0 Å². The van der Waals surface area contributed by atoms with E-state index in [9.17, 15) is 13.6 Å². The van der Waals surface area contributed by atoms with E-state index in [1.165, 1.54) is 12.1 Å². The van der Waals surface area contributed by atoms with Crippen molar-refractivity contribution in [3.63, 3.8) is 0 Å². The van der Waals surface area contributed by atoms with Crippen LogP contribution in [0.1, 0.15) is 12.5 Å². The molecule has 0 aliphatic rings. The van der Waals surface area contributed by atoms with Gasteiger partial charge >= 0.3 is 5.97 Å². The first-order valence-electron chi connectivity index (χ1n) is 4.79. The predicted octanol–water partition coefficient (Wildman–Crippen LogP) is 2.83. The molecule has 1 unspecified atom stereocenters. The van der Waals surface area contributed by atoms with Gasteiger partial charge in [-0.2, -0.15) is 0 Å². The lowest BCUT2D eigenvalue weighted by atomic mass is 10.1. The van der Waals surface area contributed by atoms with E-state index in [1.807, 2.05) is 0 Å². The van der Waals surface area contributed by atoms with Gasteiger partial charge < -0.3 is 4.74 Å². The van der Waals surface area contributed by atoms with Gasteiger partial charge in [-0.15, -0.1) is 0 Å². The molecule has 0 aromatic heterocycles. The zero-order valence-corrected chi connectivity index (χ0v) is 10.3. The van der Waals surface area contributed by atoms with E-state index in [0.717, 1.165) is 6.07 Å². The van der Waals surface area contributed by atoms with Gasteiger partial charge in [-0.05, 0) is 25.0 Å². The third-order valence-electron chi connectivity index (χ3n) is 1.97. The first-order valence-corrected chi connectivity index (χ1v) is 5.71. The molecule has 0 amide bonds. The van der Waals surface area contributed by atoms with Gasteiger partial charge in [-0.25, -0.2) is 8.78 Å². The first-order chi connectivity index (χ1) is 7.56. The van der Waals surface area contributed by atoms with Gasteiger partial charge in [0.15, 0.2) is 11.6 Å². The molecule has 0 saturated carbocycles. The van der Waals surface area contributed by atoms with E-state index in [0.29, 0.717) is 0 Å². The number of hydrogen-bond acceptors (Lipinski definition) is 2. The van der Waals surface area contributed by atoms with Crippen LogP contribution in [0.4, 0.5) is 8.78 Å². The summed E-state index contributed by atoms with van der Waals surface area (Å²) in [6.45, 7) is 1.94. The van der Waals surface area contributed by atoms with E-state index in [4.69, 9.17) is 4.74 Å². The molecule has 0 aliphatic carbocycles. The molecule has 0 fully saturated rings. The Bertz CT molecular complexity index is 382. The topological polar surface area (TPSA) is 26.3 Å². The van der Waals surface area contributed by atoms with E-state index in [1.54, 1.807) is 6.92 Å². The Labute approximate surface area is 101 Å². The van der Waals surface area contributed by atoms with Gasteiger partial charge in [0.05, 0.1) is 6.61 Å². The SMILES string of the molecule is CCOC(=O)C(Br)Cc1cccc(F)c1F. The second kappa shape index (κ2) is 5.94. The molecule has 0 spiro atoms. The molecule has 0 radical (unpaired) electrons. The fourth-order valence-electron chi connectivity index (χ4n) is 1.22. The summed E-state index contributed by atoms with van der Waals surface area (Å²) in [5, 5.41) is 0. The maximum absolute atomic E-state index is 13.3. The Morgan fingerprint density at radius 1 is 1.50 bits per heavy atom. The molecule has 1 aromatic rings. The highest BCUT2D eigenvalue weighted by atomic mass is 79.9. The molecule has 1 rings (SSSR count). The van der Waals surface area contributed by atoms with Crippen LogP contribution in [0.15, 0.2) is 18.2 Å². The van der Waals surface area contributed by atoms with E-state index >= 15 is 0 Å². The van der Waals surface area contributed by atoms with Crippen molar-refractivity contribution in [2.45, 2.75) is 18.2 Å². The highest BCUT2D eigenvalue weighted by Gasteiger charge is 2.19. The smallest absolute Gasteiger partial charge is 0.320 e. The fourth-order valence-corrected chi connectivity index (χ4v) is 1.70. The van der Waals surface area contributed by atoms with Gasteiger partial charge in [0.25, 0.3) is 0 Å². The molecule has 16 heavy (non-hydrogen) atoms. The second-order valence-corrected chi connectivity index (χ2v) is 4.24. The summed E-state index contributed by atoms with van der Waals surface area (Å²) in [6, 6.07) is 3.87. The fraction of sp³-hybridized carbons (Fsp3) is 0.364. The third kappa shape index (κ3) is 3.27. The van der Waals surface area contributed by atoms with Gasteiger partial charge in [-0.3, -0.25) is 4.79 Å². The number of carbonyl (C=O) groups is 1. The molecule has 0 heterocycles. The minimum atomic E-state index is -0.920. The molecule has 2 nitrogen and oxygen atoms in total.